The number of carbonyl (C=O) groups excluding carboxylic acids is 1. The number of Topliss-reactive ketones (excluding diaryl/α,β-unsaturated/α-hetero) is 1. The molecule has 2 N–H and O–H groups in total. The van der Waals surface area contributed by atoms with Crippen LogP contribution >= 0.6 is 0 Å². The van der Waals surface area contributed by atoms with Crippen LogP contribution in [0.4, 0.5) is 4.39 Å². The van der Waals surface area contributed by atoms with Gasteiger partial charge in [0.25, 0.3) is 0 Å². The molecule has 6 heteroatoms. The first-order valence-corrected chi connectivity index (χ1v) is 5.67. The van der Waals surface area contributed by atoms with Crippen molar-refractivity contribution in [2.24, 2.45) is 0 Å². The molecule has 5 nitrogen and oxygen atoms in total. The summed E-state index contributed by atoms with van der Waals surface area (Å²) in [6, 6.07) is -0.656. The molecule has 0 rings (SSSR count). The first-order chi connectivity index (χ1) is 8.01. The van der Waals surface area contributed by atoms with Gasteiger partial charge in [-0.05, 0) is 33.5 Å². The third kappa shape index (κ3) is 7.82. The van der Waals surface area contributed by atoms with E-state index in [0.717, 1.165) is 0 Å². The molecule has 100 valence electrons. The lowest BCUT2D eigenvalue weighted by molar-refractivity contribution is -0.139. The zero-order valence-electron chi connectivity index (χ0n) is 10.4. The summed E-state index contributed by atoms with van der Waals surface area (Å²) in [5.74, 6) is -1.16. The number of unbranched alkanes of at least 4 members (excludes halogenated alkanes) is 1. The molecular formula is C11H21FN2O3. The fraction of sp³-hybridized carbons (Fsp3) is 0.818. The maximum atomic E-state index is 11.9. The van der Waals surface area contributed by atoms with E-state index in [1.807, 2.05) is 0 Å². The number of hydrogen-bond acceptors (Lipinski definition) is 4. The number of carbonyl (C=O) groups is 2. The molecule has 0 saturated heterocycles. The van der Waals surface area contributed by atoms with E-state index in [2.05, 4.69) is 5.32 Å². The molecule has 0 aliphatic heterocycles. The lowest BCUT2D eigenvalue weighted by Crippen LogP contribution is -2.42. The minimum Gasteiger partial charge on any atom is -0.481 e. The highest BCUT2D eigenvalue weighted by molar-refractivity contribution is 5.89. The zero-order valence-corrected chi connectivity index (χ0v) is 10.4. The predicted octanol–water partition coefficient (Wildman–Crippen LogP) is 0.300. The summed E-state index contributed by atoms with van der Waals surface area (Å²) < 4.78 is 11.9. The quantitative estimate of drug-likeness (QED) is 0.544. The van der Waals surface area contributed by atoms with Crippen molar-refractivity contribution in [2.75, 3.05) is 33.9 Å². The second kappa shape index (κ2) is 9.07. The summed E-state index contributed by atoms with van der Waals surface area (Å²) in [5.41, 5.74) is 0. The molecule has 0 aromatic heterocycles. The average Bonchev–Trinajstić information content (AvgIpc) is 2.25. The number of nitrogens with zero attached hydrogens (tertiary/aromatic N) is 1. The third-order valence-corrected chi connectivity index (χ3v) is 2.47. The molecule has 0 spiro atoms. The van der Waals surface area contributed by atoms with E-state index in [1.165, 1.54) is 0 Å². The van der Waals surface area contributed by atoms with Crippen molar-refractivity contribution >= 4 is 11.8 Å². The van der Waals surface area contributed by atoms with Gasteiger partial charge in [0.15, 0.2) is 5.78 Å². The van der Waals surface area contributed by atoms with Crippen molar-refractivity contribution in [2.45, 2.75) is 25.3 Å². The molecule has 0 radical (unpaired) electrons. The number of hydrogen-bond donors (Lipinski definition) is 2. The van der Waals surface area contributed by atoms with Crippen LogP contribution < -0.4 is 5.32 Å². The lowest BCUT2D eigenvalue weighted by atomic mass is 10.1. The molecule has 0 bridgehead atoms. The van der Waals surface area contributed by atoms with Gasteiger partial charge in [0.1, 0.15) is 0 Å². The highest BCUT2D eigenvalue weighted by Crippen LogP contribution is 1.98. The molecule has 1 atom stereocenters. The SMILES string of the molecule is CNC(CC(=O)O)C(=O)CN(C)CCCCF. The van der Waals surface area contributed by atoms with Gasteiger partial charge in [0.05, 0.1) is 25.7 Å². The topological polar surface area (TPSA) is 69.6 Å². The minimum atomic E-state index is -1.00. The van der Waals surface area contributed by atoms with E-state index in [0.29, 0.717) is 19.4 Å². The largest absolute Gasteiger partial charge is 0.481 e. The number of carboxylic acids is 1. The molecule has 0 aromatic carbocycles. The van der Waals surface area contributed by atoms with E-state index in [4.69, 9.17) is 5.11 Å². The zero-order chi connectivity index (χ0) is 13.3. The van der Waals surface area contributed by atoms with E-state index in [9.17, 15) is 14.0 Å². The van der Waals surface area contributed by atoms with Gasteiger partial charge in [-0.2, -0.15) is 0 Å². The summed E-state index contributed by atoms with van der Waals surface area (Å²) in [4.78, 5) is 24.0. The van der Waals surface area contributed by atoms with Crippen LogP contribution in [0.1, 0.15) is 19.3 Å². The normalized spacial score (nSPS) is 12.7. The lowest BCUT2D eigenvalue weighted by Gasteiger charge is -2.19. The Balaban J connectivity index is 3.99. The fourth-order valence-corrected chi connectivity index (χ4v) is 1.48. The smallest absolute Gasteiger partial charge is 0.305 e. The van der Waals surface area contributed by atoms with Gasteiger partial charge < -0.3 is 10.4 Å². The maximum absolute atomic E-state index is 11.9. The molecule has 0 amide bonds. The van der Waals surface area contributed by atoms with Gasteiger partial charge >= 0.3 is 5.97 Å². The van der Waals surface area contributed by atoms with Crippen molar-refractivity contribution in [1.29, 1.82) is 0 Å². The molecule has 1 unspecified atom stereocenters. The summed E-state index contributed by atoms with van der Waals surface area (Å²) >= 11 is 0. The predicted molar refractivity (Wildman–Crippen MR) is 62.8 cm³/mol. The second-order valence-electron chi connectivity index (χ2n) is 4.04. The van der Waals surface area contributed by atoms with E-state index >= 15 is 0 Å². The number of likely N-dealkylation sites (N-methyl/N-ethyl adjacent to an activating group) is 2. The van der Waals surface area contributed by atoms with Gasteiger partial charge in [0, 0.05) is 0 Å². The number of ketones is 1. The standard InChI is InChI=1S/C11H21FN2O3/c1-13-9(7-11(16)17)10(15)8-14(2)6-4-3-5-12/h9,13H,3-8H2,1-2H3,(H,16,17). The number of nitrogens with one attached hydrogen (secondary N) is 1. The summed E-state index contributed by atoms with van der Waals surface area (Å²) in [5, 5.41) is 11.3. The van der Waals surface area contributed by atoms with Crippen molar-refractivity contribution in [3.05, 3.63) is 0 Å². The highest BCUT2D eigenvalue weighted by atomic mass is 19.1. The Labute approximate surface area is 101 Å². The molecule has 0 aliphatic carbocycles. The van der Waals surface area contributed by atoms with Crippen LogP contribution in [0.15, 0.2) is 0 Å². The molecule has 0 heterocycles. The van der Waals surface area contributed by atoms with E-state index in [1.54, 1.807) is 19.0 Å². The van der Waals surface area contributed by atoms with Gasteiger partial charge in [0.2, 0.25) is 0 Å². The number of halogens is 1. The van der Waals surface area contributed by atoms with Crippen LogP contribution in [-0.2, 0) is 9.59 Å². The molecular weight excluding hydrogens is 227 g/mol. The monoisotopic (exact) mass is 248 g/mol. The third-order valence-electron chi connectivity index (χ3n) is 2.47. The highest BCUT2D eigenvalue weighted by Gasteiger charge is 2.20. The van der Waals surface area contributed by atoms with Gasteiger partial charge in [-0.15, -0.1) is 0 Å². The molecule has 17 heavy (non-hydrogen) atoms. The number of carboxylic acid groups (broad SMARTS) is 1. The van der Waals surface area contributed by atoms with Crippen LogP contribution in [0.5, 0.6) is 0 Å². The Bertz CT molecular complexity index is 249. The van der Waals surface area contributed by atoms with Crippen LogP contribution in [0.2, 0.25) is 0 Å². The Kier molecular flexibility index (Phi) is 8.53. The van der Waals surface area contributed by atoms with Crippen LogP contribution in [0.25, 0.3) is 0 Å². The average molecular weight is 248 g/mol. The van der Waals surface area contributed by atoms with Gasteiger partial charge in [-0.3, -0.25) is 18.9 Å². The second-order valence-corrected chi connectivity index (χ2v) is 4.04. The van der Waals surface area contributed by atoms with E-state index in [-0.39, 0.29) is 25.4 Å². The Morgan fingerprint density at radius 2 is 2.06 bits per heavy atom. The first kappa shape index (κ1) is 16.0. The number of alkyl halides is 1. The van der Waals surface area contributed by atoms with Gasteiger partial charge in [-0.1, -0.05) is 0 Å². The fourth-order valence-electron chi connectivity index (χ4n) is 1.48. The molecule has 0 saturated carbocycles. The van der Waals surface area contributed by atoms with Crippen LogP contribution in [-0.4, -0.2) is 61.7 Å². The summed E-state index contributed by atoms with van der Waals surface area (Å²) in [7, 11) is 3.33. The summed E-state index contributed by atoms with van der Waals surface area (Å²) in [6.07, 6.45) is 0.972. The number of aliphatic carboxylic acids is 1. The first-order valence-electron chi connectivity index (χ1n) is 5.67. The Morgan fingerprint density at radius 1 is 1.41 bits per heavy atom. The Morgan fingerprint density at radius 3 is 2.53 bits per heavy atom. The van der Waals surface area contributed by atoms with Crippen LogP contribution in [0.3, 0.4) is 0 Å². The van der Waals surface area contributed by atoms with Gasteiger partial charge in [-0.25, -0.2) is 0 Å². The van der Waals surface area contributed by atoms with Crippen molar-refractivity contribution in [3.8, 4) is 0 Å². The van der Waals surface area contributed by atoms with Crippen molar-refractivity contribution in [3.63, 3.8) is 0 Å². The molecule has 0 aromatic rings. The van der Waals surface area contributed by atoms with E-state index < -0.39 is 12.0 Å². The Hall–Kier alpha value is -1.01. The van der Waals surface area contributed by atoms with Crippen LogP contribution in [0, 0.1) is 0 Å². The molecule has 0 fully saturated rings. The molecule has 0 aliphatic rings. The minimum absolute atomic E-state index is 0.155. The van der Waals surface area contributed by atoms with Crippen molar-refractivity contribution in [1.82, 2.24) is 10.2 Å². The van der Waals surface area contributed by atoms with Crippen molar-refractivity contribution < 1.29 is 19.1 Å². The number of rotatable bonds is 10. The summed E-state index contributed by atoms with van der Waals surface area (Å²) in [6.45, 7) is 0.476. The maximum Gasteiger partial charge on any atom is 0.305 e.